The Bertz CT molecular complexity index is 1350. The molecule has 1 aliphatic heterocycles. The fourth-order valence-electron chi connectivity index (χ4n) is 4.50. The second-order valence-electron chi connectivity index (χ2n) is 9.20. The van der Waals surface area contributed by atoms with E-state index < -0.39 is 42.4 Å². The Balaban J connectivity index is 1.67. The molecule has 1 aliphatic rings. The summed E-state index contributed by atoms with van der Waals surface area (Å²) in [6.45, 7) is 4.48. The Morgan fingerprint density at radius 1 is 1.00 bits per heavy atom. The molecule has 4 atom stereocenters. The van der Waals surface area contributed by atoms with E-state index in [1.165, 1.54) is 20.8 Å². The molecule has 12 heteroatoms. The minimum Gasteiger partial charge on any atom is -0.494 e. The molecule has 4 rings (SSSR count). The number of anilines is 1. The summed E-state index contributed by atoms with van der Waals surface area (Å²) in [6.07, 6.45) is -3.17. The molecule has 0 amide bonds. The molecule has 3 aromatic rings. The van der Waals surface area contributed by atoms with Gasteiger partial charge in [-0.15, -0.1) is 11.6 Å². The number of alkyl halides is 1. The van der Waals surface area contributed by atoms with Gasteiger partial charge >= 0.3 is 17.9 Å². The van der Waals surface area contributed by atoms with Crippen LogP contribution in [0.1, 0.15) is 39.0 Å². The molecule has 2 heterocycles. The molecule has 0 aliphatic carbocycles. The number of ether oxygens (including phenoxy) is 5. The summed E-state index contributed by atoms with van der Waals surface area (Å²) >= 11 is 5.75. The SMILES string of the molecule is CC(=O)OC[C@H]1O[C@@H](n2c(NCc3cccc(OCCCCl)c3)nc3ccccc32)[C@H](OC(C)=O)[C@@H]1OC(C)=O. The van der Waals surface area contributed by atoms with Gasteiger partial charge in [0.1, 0.15) is 18.5 Å². The van der Waals surface area contributed by atoms with Crippen LogP contribution in [0.3, 0.4) is 0 Å². The highest BCUT2D eigenvalue weighted by atomic mass is 35.5. The van der Waals surface area contributed by atoms with E-state index in [4.69, 9.17) is 40.3 Å². The predicted molar refractivity (Wildman–Crippen MR) is 146 cm³/mol. The molecule has 0 spiro atoms. The monoisotopic (exact) mass is 573 g/mol. The molecule has 40 heavy (non-hydrogen) atoms. The topological polar surface area (TPSA) is 127 Å². The fourth-order valence-corrected chi connectivity index (χ4v) is 4.61. The van der Waals surface area contributed by atoms with Crippen LogP contribution in [-0.4, -0.2) is 64.9 Å². The van der Waals surface area contributed by atoms with Crippen molar-refractivity contribution in [1.82, 2.24) is 9.55 Å². The largest absolute Gasteiger partial charge is 0.494 e. The number of para-hydroxylation sites is 2. The van der Waals surface area contributed by atoms with Gasteiger partial charge in [0, 0.05) is 33.2 Å². The van der Waals surface area contributed by atoms with Crippen molar-refractivity contribution >= 4 is 46.5 Å². The Morgan fingerprint density at radius 2 is 1.75 bits per heavy atom. The van der Waals surface area contributed by atoms with Crippen LogP contribution < -0.4 is 10.1 Å². The summed E-state index contributed by atoms with van der Waals surface area (Å²) in [5.41, 5.74) is 2.30. The van der Waals surface area contributed by atoms with Gasteiger partial charge in [0.25, 0.3) is 0 Å². The van der Waals surface area contributed by atoms with Crippen LogP contribution in [0.5, 0.6) is 5.75 Å². The zero-order chi connectivity index (χ0) is 28.6. The number of halogens is 1. The van der Waals surface area contributed by atoms with Crippen molar-refractivity contribution in [2.45, 2.75) is 58.3 Å². The number of imidazole rings is 1. The Hall–Kier alpha value is -3.83. The maximum Gasteiger partial charge on any atom is 0.303 e. The van der Waals surface area contributed by atoms with Gasteiger partial charge in [0.05, 0.1) is 17.6 Å². The number of carbonyl (C=O) groups is 3. The van der Waals surface area contributed by atoms with Crippen molar-refractivity contribution in [3.8, 4) is 5.75 Å². The van der Waals surface area contributed by atoms with Gasteiger partial charge < -0.3 is 29.0 Å². The van der Waals surface area contributed by atoms with Crippen molar-refractivity contribution in [3.63, 3.8) is 0 Å². The van der Waals surface area contributed by atoms with Crippen molar-refractivity contribution in [1.29, 1.82) is 0 Å². The van der Waals surface area contributed by atoms with E-state index in [9.17, 15) is 14.4 Å². The van der Waals surface area contributed by atoms with Crippen LogP contribution in [0.15, 0.2) is 48.5 Å². The normalized spacial score (nSPS) is 20.2. The van der Waals surface area contributed by atoms with Gasteiger partial charge in [0.2, 0.25) is 5.95 Å². The molecular formula is C28H32ClN3O8. The molecule has 1 aromatic heterocycles. The lowest BCUT2D eigenvalue weighted by atomic mass is 10.1. The third kappa shape index (κ3) is 7.22. The van der Waals surface area contributed by atoms with E-state index in [1.807, 2.05) is 48.5 Å². The number of fused-ring (bicyclic) bond motifs is 1. The summed E-state index contributed by atoms with van der Waals surface area (Å²) in [5.74, 6) is -0.0252. The van der Waals surface area contributed by atoms with E-state index in [2.05, 4.69) is 5.32 Å². The molecule has 11 nitrogen and oxygen atoms in total. The van der Waals surface area contributed by atoms with E-state index in [0.717, 1.165) is 17.7 Å². The molecule has 0 radical (unpaired) electrons. The number of nitrogens with zero attached hydrogens (tertiary/aromatic N) is 2. The van der Waals surface area contributed by atoms with Crippen LogP contribution >= 0.6 is 11.6 Å². The summed E-state index contributed by atoms with van der Waals surface area (Å²) in [7, 11) is 0. The molecule has 2 aromatic carbocycles. The molecule has 214 valence electrons. The second kappa shape index (κ2) is 13.5. The van der Waals surface area contributed by atoms with E-state index in [-0.39, 0.29) is 6.61 Å². The van der Waals surface area contributed by atoms with Crippen LogP contribution in [0.2, 0.25) is 0 Å². The number of nitrogens with one attached hydrogen (secondary N) is 1. The molecule has 0 bridgehead atoms. The van der Waals surface area contributed by atoms with E-state index in [1.54, 1.807) is 4.57 Å². The van der Waals surface area contributed by atoms with Gasteiger partial charge in [0.15, 0.2) is 18.4 Å². The molecular weight excluding hydrogens is 542 g/mol. The number of benzene rings is 2. The van der Waals surface area contributed by atoms with Gasteiger partial charge in [-0.3, -0.25) is 19.0 Å². The molecule has 0 saturated carbocycles. The summed E-state index contributed by atoms with van der Waals surface area (Å²) < 4.78 is 30.1. The lowest BCUT2D eigenvalue weighted by Gasteiger charge is -2.25. The lowest BCUT2D eigenvalue weighted by Crippen LogP contribution is -2.40. The molecule has 1 N–H and O–H groups in total. The van der Waals surface area contributed by atoms with Crippen molar-refractivity contribution in [3.05, 3.63) is 54.1 Å². The molecule has 1 fully saturated rings. The highest BCUT2D eigenvalue weighted by molar-refractivity contribution is 6.17. The van der Waals surface area contributed by atoms with Gasteiger partial charge in [-0.05, 0) is 36.2 Å². The minimum absolute atomic E-state index is 0.201. The summed E-state index contributed by atoms with van der Waals surface area (Å²) in [5, 5.41) is 3.35. The van der Waals surface area contributed by atoms with Gasteiger partial charge in [-0.2, -0.15) is 0 Å². The second-order valence-corrected chi connectivity index (χ2v) is 9.58. The zero-order valence-corrected chi connectivity index (χ0v) is 23.3. The van der Waals surface area contributed by atoms with Crippen LogP contribution in [0.25, 0.3) is 11.0 Å². The minimum atomic E-state index is -1.04. The summed E-state index contributed by atoms with van der Waals surface area (Å²) in [4.78, 5) is 40.4. The first-order chi connectivity index (χ1) is 19.3. The Morgan fingerprint density at radius 3 is 2.48 bits per heavy atom. The molecule has 0 unspecified atom stereocenters. The maximum absolute atomic E-state index is 12.1. The van der Waals surface area contributed by atoms with Crippen molar-refractivity contribution in [2.24, 2.45) is 0 Å². The van der Waals surface area contributed by atoms with Crippen LogP contribution in [0.4, 0.5) is 5.95 Å². The van der Waals surface area contributed by atoms with Crippen LogP contribution in [0, 0.1) is 0 Å². The number of hydrogen-bond donors (Lipinski definition) is 1. The highest BCUT2D eigenvalue weighted by Gasteiger charge is 2.51. The smallest absolute Gasteiger partial charge is 0.303 e. The zero-order valence-electron chi connectivity index (χ0n) is 22.5. The predicted octanol–water partition coefficient (Wildman–Crippen LogP) is 3.98. The first-order valence-corrected chi connectivity index (χ1v) is 13.4. The Kier molecular flexibility index (Phi) is 9.84. The average molecular weight is 574 g/mol. The quantitative estimate of drug-likeness (QED) is 0.147. The number of hydrogen-bond acceptors (Lipinski definition) is 10. The number of esters is 3. The highest BCUT2D eigenvalue weighted by Crippen LogP contribution is 2.38. The third-order valence-electron chi connectivity index (χ3n) is 6.09. The number of carbonyl (C=O) groups excluding carboxylic acids is 3. The van der Waals surface area contributed by atoms with Crippen molar-refractivity contribution in [2.75, 3.05) is 24.4 Å². The van der Waals surface area contributed by atoms with Gasteiger partial charge in [-0.25, -0.2) is 4.98 Å². The third-order valence-corrected chi connectivity index (χ3v) is 6.35. The first-order valence-electron chi connectivity index (χ1n) is 12.9. The lowest BCUT2D eigenvalue weighted by molar-refractivity contribution is -0.166. The number of aromatic nitrogens is 2. The maximum atomic E-state index is 12.1. The van der Waals surface area contributed by atoms with E-state index >= 15 is 0 Å². The van der Waals surface area contributed by atoms with Crippen molar-refractivity contribution < 1.29 is 38.1 Å². The average Bonchev–Trinajstić information content (AvgIpc) is 3.43. The standard InChI is InChI=1S/C28H32ClN3O8/c1-17(33)37-16-24-25(38-18(2)34)26(39-19(3)35)27(40-24)32-23-11-5-4-10-22(23)31-28(32)30-15-20-8-6-9-21(14-20)36-13-7-12-29/h4-6,8-11,14,24-27H,7,12-13,15-16H2,1-3H3,(H,30,31)/t24-,25-,26-,27-/m1/s1. The number of rotatable bonds is 12. The first kappa shape index (κ1) is 29.2. The van der Waals surface area contributed by atoms with Gasteiger partial charge in [-0.1, -0.05) is 24.3 Å². The van der Waals surface area contributed by atoms with E-state index in [0.29, 0.717) is 36.0 Å². The fraction of sp³-hybridized carbons (Fsp3) is 0.429. The summed E-state index contributed by atoms with van der Waals surface area (Å²) in [6, 6.07) is 15.1. The Labute approximate surface area is 236 Å². The van der Waals surface area contributed by atoms with Crippen LogP contribution in [-0.2, 0) is 39.9 Å². The molecule has 1 saturated heterocycles.